The van der Waals surface area contributed by atoms with Crippen molar-refractivity contribution >= 4 is 17.5 Å². The van der Waals surface area contributed by atoms with Crippen molar-refractivity contribution in [2.45, 2.75) is 19.9 Å². The van der Waals surface area contributed by atoms with Gasteiger partial charge in [0.2, 0.25) is 5.95 Å². The molecule has 0 spiro atoms. The lowest BCUT2D eigenvalue weighted by Crippen LogP contribution is -2.31. The Morgan fingerprint density at radius 1 is 1.06 bits per heavy atom. The Hall–Kier alpha value is -4.46. The van der Waals surface area contributed by atoms with Crippen molar-refractivity contribution in [1.29, 1.82) is 0 Å². The van der Waals surface area contributed by atoms with E-state index in [1.165, 1.54) is 0 Å². The largest absolute Gasteiger partial charge is 0.495 e. The molecular weight excluding hydrogens is 428 g/mol. The number of amides is 1. The molecule has 2 aromatic carbocycles. The minimum absolute atomic E-state index is 0.243. The molecule has 0 saturated heterocycles. The average molecular weight is 453 g/mol. The highest BCUT2D eigenvalue weighted by Gasteiger charge is 2.34. The van der Waals surface area contributed by atoms with Crippen LogP contribution in [0.15, 0.2) is 84.3 Å². The third-order valence-electron chi connectivity index (χ3n) is 5.75. The molecule has 2 N–H and O–H groups in total. The van der Waals surface area contributed by atoms with Crippen molar-refractivity contribution in [2.75, 3.05) is 17.7 Å². The number of hydrogen-bond acceptors (Lipinski definition) is 6. The highest BCUT2D eigenvalue weighted by molar-refractivity contribution is 6.06. The summed E-state index contributed by atoms with van der Waals surface area (Å²) in [6.45, 7) is 3.91. The number of pyridine rings is 1. The molecule has 0 bridgehead atoms. The van der Waals surface area contributed by atoms with Gasteiger partial charge >= 0.3 is 0 Å². The first-order valence-corrected chi connectivity index (χ1v) is 10.9. The van der Waals surface area contributed by atoms with Crippen molar-refractivity contribution in [3.05, 3.63) is 95.5 Å². The molecular formula is C26H24N6O2. The number of aromatic nitrogens is 4. The van der Waals surface area contributed by atoms with E-state index >= 15 is 0 Å². The van der Waals surface area contributed by atoms with Gasteiger partial charge in [0.25, 0.3) is 5.91 Å². The molecule has 0 saturated carbocycles. The van der Waals surface area contributed by atoms with Gasteiger partial charge in [-0.2, -0.15) is 4.98 Å². The van der Waals surface area contributed by atoms with Gasteiger partial charge in [0.1, 0.15) is 11.8 Å². The van der Waals surface area contributed by atoms with E-state index in [1.807, 2.05) is 68.4 Å². The van der Waals surface area contributed by atoms with Crippen LogP contribution in [-0.2, 0) is 4.79 Å². The van der Waals surface area contributed by atoms with Crippen LogP contribution in [0.3, 0.4) is 0 Å². The summed E-state index contributed by atoms with van der Waals surface area (Å²) in [6, 6.07) is 18.7. The molecule has 34 heavy (non-hydrogen) atoms. The number of nitrogens with zero attached hydrogens (tertiary/aromatic N) is 4. The molecule has 1 atom stereocenters. The Morgan fingerprint density at radius 2 is 1.85 bits per heavy atom. The zero-order valence-electron chi connectivity index (χ0n) is 19.1. The summed E-state index contributed by atoms with van der Waals surface area (Å²) in [6.07, 6.45) is 3.41. The number of fused-ring (bicyclic) bond motifs is 1. The van der Waals surface area contributed by atoms with Crippen LogP contribution in [-0.4, -0.2) is 32.8 Å². The van der Waals surface area contributed by atoms with Crippen molar-refractivity contribution in [1.82, 2.24) is 19.7 Å². The van der Waals surface area contributed by atoms with E-state index in [0.29, 0.717) is 34.5 Å². The van der Waals surface area contributed by atoms with Crippen LogP contribution >= 0.6 is 0 Å². The van der Waals surface area contributed by atoms with Gasteiger partial charge in [0.05, 0.1) is 18.4 Å². The standard InChI is InChI=1S/C26H24N6O2/c1-16-7-6-8-19(15-16)23-22(25(33)29-20-9-4-5-10-21(20)34-3)17(2)28-26-30-24(31-32(23)26)18-11-13-27-14-12-18/h4-15,23H,1-3H3,(H,29,33)(H,28,30,31)/t23-/m1/s1. The fourth-order valence-corrected chi connectivity index (χ4v) is 4.15. The maximum Gasteiger partial charge on any atom is 0.255 e. The summed E-state index contributed by atoms with van der Waals surface area (Å²) in [5.41, 5.74) is 4.74. The molecule has 1 aliphatic heterocycles. The first-order chi connectivity index (χ1) is 16.5. The van der Waals surface area contributed by atoms with Gasteiger partial charge in [-0.25, -0.2) is 4.68 Å². The number of benzene rings is 2. The smallest absolute Gasteiger partial charge is 0.255 e. The second-order valence-electron chi connectivity index (χ2n) is 8.07. The topological polar surface area (TPSA) is 94.0 Å². The summed E-state index contributed by atoms with van der Waals surface area (Å²) in [5.74, 6) is 1.48. The van der Waals surface area contributed by atoms with E-state index < -0.39 is 6.04 Å². The van der Waals surface area contributed by atoms with Crippen LogP contribution < -0.4 is 15.4 Å². The summed E-state index contributed by atoms with van der Waals surface area (Å²) >= 11 is 0. The van der Waals surface area contributed by atoms with Gasteiger partial charge in [-0.05, 0) is 43.7 Å². The first-order valence-electron chi connectivity index (χ1n) is 10.9. The Kier molecular flexibility index (Phi) is 5.55. The molecule has 0 fully saturated rings. The van der Waals surface area contributed by atoms with Crippen molar-refractivity contribution in [2.24, 2.45) is 0 Å². The highest BCUT2D eigenvalue weighted by Crippen LogP contribution is 2.37. The van der Waals surface area contributed by atoms with Crippen LogP contribution in [0.5, 0.6) is 5.75 Å². The van der Waals surface area contributed by atoms with Gasteiger partial charge in [-0.15, -0.1) is 5.10 Å². The maximum absolute atomic E-state index is 13.7. The minimum Gasteiger partial charge on any atom is -0.495 e. The number of anilines is 2. The van der Waals surface area contributed by atoms with E-state index in [9.17, 15) is 4.79 Å². The molecule has 8 heteroatoms. The van der Waals surface area contributed by atoms with Crippen LogP contribution in [0.4, 0.5) is 11.6 Å². The van der Waals surface area contributed by atoms with Crippen LogP contribution in [0.25, 0.3) is 11.4 Å². The monoisotopic (exact) mass is 452 g/mol. The molecule has 5 rings (SSSR count). The number of hydrogen-bond donors (Lipinski definition) is 2. The average Bonchev–Trinajstić information content (AvgIpc) is 3.27. The summed E-state index contributed by atoms with van der Waals surface area (Å²) in [5, 5.41) is 11.1. The molecule has 170 valence electrons. The van der Waals surface area contributed by atoms with Crippen molar-refractivity contribution < 1.29 is 9.53 Å². The van der Waals surface area contributed by atoms with E-state index in [0.717, 1.165) is 16.7 Å². The first kappa shape index (κ1) is 21.4. The van der Waals surface area contributed by atoms with Gasteiger partial charge in [0.15, 0.2) is 5.82 Å². The minimum atomic E-state index is -0.464. The number of rotatable bonds is 5. The van der Waals surface area contributed by atoms with Crippen LogP contribution in [0.2, 0.25) is 0 Å². The molecule has 0 radical (unpaired) electrons. The Bertz CT molecular complexity index is 1390. The molecule has 2 aromatic heterocycles. The quantitative estimate of drug-likeness (QED) is 0.460. The van der Waals surface area contributed by atoms with Crippen molar-refractivity contribution in [3.8, 4) is 17.1 Å². The number of carbonyl (C=O) groups is 1. The second kappa shape index (κ2) is 8.82. The van der Waals surface area contributed by atoms with E-state index in [-0.39, 0.29) is 5.91 Å². The predicted octanol–water partition coefficient (Wildman–Crippen LogP) is 4.58. The maximum atomic E-state index is 13.7. The normalized spacial score (nSPS) is 14.9. The lowest BCUT2D eigenvalue weighted by atomic mass is 9.94. The zero-order valence-corrected chi connectivity index (χ0v) is 19.1. The number of allylic oxidation sites excluding steroid dienone is 1. The molecule has 3 heterocycles. The lowest BCUT2D eigenvalue weighted by molar-refractivity contribution is -0.113. The van der Waals surface area contributed by atoms with Gasteiger partial charge in [0, 0.05) is 23.7 Å². The number of carbonyl (C=O) groups excluding carboxylic acids is 1. The zero-order chi connectivity index (χ0) is 23.7. The number of aryl methyl sites for hydroxylation is 1. The molecule has 8 nitrogen and oxygen atoms in total. The van der Waals surface area contributed by atoms with Crippen LogP contribution in [0.1, 0.15) is 24.1 Å². The van der Waals surface area contributed by atoms with Gasteiger partial charge in [-0.3, -0.25) is 9.78 Å². The Morgan fingerprint density at radius 3 is 2.62 bits per heavy atom. The molecule has 0 aliphatic carbocycles. The fraction of sp³-hybridized carbons (Fsp3) is 0.154. The van der Waals surface area contributed by atoms with E-state index in [1.54, 1.807) is 24.2 Å². The van der Waals surface area contributed by atoms with Crippen molar-refractivity contribution in [3.63, 3.8) is 0 Å². The molecule has 0 unspecified atom stereocenters. The Labute approximate surface area is 197 Å². The SMILES string of the molecule is COc1ccccc1NC(=O)C1=C(C)Nc2nc(-c3ccncc3)nn2[C@@H]1c1cccc(C)c1. The van der Waals surface area contributed by atoms with E-state index in [4.69, 9.17) is 14.8 Å². The third kappa shape index (κ3) is 3.90. The third-order valence-corrected chi connectivity index (χ3v) is 5.75. The fourth-order valence-electron chi connectivity index (χ4n) is 4.15. The van der Waals surface area contributed by atoms with Gasteiger partial charge < -0.3 is 15.4 Å². The Balaban J connectivity index is 1.61. The molecule has 1 amide bonds. The number of ether oxygens (including phenoxy) is 1. The van der Waals surface area contributed by atoms with Gasteiger partial charge in [-0.1, -0.05) is 42.0 Å². The predicted molar refractivity (Wildman–Crippen MR) is 131 cm³/mol. The van der Waals surface area contributed by atoms with Crippen LogP contribution in [0, 0.1) is 6.92 Å². The number of nitrogens with one attached hydrogen (secondary N) is 2. The number of para-hydroxylation sites is 2. The summed E-state index contributed by atoms with van der Waals surface area (Å²) < 4.78 is 7.19. The van der Waals surface area contributed by atoms with E-state index in [2.05, 4.69) is 21.7 Å². The molecule has 4 aromatic rings. The number of methoxy groups -OCH3 is 1. The lowest BCUT2D eigenvalue weighted by Gasteiger charge is -2.29. The summed E-state index contributed by atoms with van der Waals surface area (Å²) in [4.78, 5) is 22.4. The second-order valence-corrected chi connectivity index (χ2v) is 8.07. The highest BCUT2D eigenvalue weighted by atomic mass is 16.5. The summed E-state index contributed by atoms with van der Waals surface area (Å²) in [7, 11) is 1.58. The molecule has 1 aliphatic rings.